The average molecular weight is 414 g/mol. The summed E-state index contributed by atoms with van der Waals surface area (Å²) in [4.78, 5) is 42.9. The van der Waals surface area contributed by atoms with Gasteiger partial charge in [0.15, 0.2) is 0 Å². The maximum Gasteiger partial charge on any atom is 0.255 e. The number of imide groups is 1. The zero-order valence-electron chi connectivity index (χ0n) is 17.2. The van der Waals surface area contributed by atoms with Gasteiger partial charge < -0.3 is 9.47 Å². The molecule has 1 fully saturated rings. The first kappa shape index (κ1) is 19.2. The predicted molar refractivity (Wildman–Crippen MR) is 115 cm³/mol. The summed E-state index contributed by atoms with van der Waals surface area (Å²) in [6.45, 7) is 3.23. The summed E-state index contributed by atoms with van der Waals surface area (Å²) in [5.41, 5.74) is 5.39. The minimum absolute atomic E-state index is 0.168. The van der Waals surface area contributed by atoms with Gasteiger partial charge in [0.2, 0.25) is 11.8 Å². The molecule has 1 aromatic heterocycles. The van der Waals surface area contributed by atoms with Crippen LogP contribution >= 0.6 is 0 Å². The van der Waals surface area contributed by atoms with Crippen LogP contribution < -0.4 is 5.32 Å². The number of fused-ring (bicyclic) bond motifs is 1. The first-order valence-electron chi connectivity index (χ1n) is 10.5. The van der Waals surface area contributed by atoms with E-state index in [2.05, 4.69) is 33.9 Å². The lowest BCUT2D eigenvalue weighted by atomic mass is 10.0. The Morgan fingerprint density at radius 3 is 2.61 bits per heavy atom. The summed E-state index contributed by atoms with van der Waals surface area (Å²) in [6, 6.07) is 15.2. The topological polar surface area (TPSA) is 84.3 Å². The fraction of sp³-hybridized carbons (Fsp3) is 0.250. The third-order valence-electron chi connectivity index (χ3n) is 6.02. The normalized spacial score (nSPS) is 18.3. The molecule has 3 amide bonds. The van der Waals surface area contributed by atoms with Crippen LogP contribution in [0.1, 0.15) is 35.7 Å². The van der Waals surface area contributed by atoms with Crippen LogP contribution in [0.15, 0.2) is 54.9 Å². The van der Waals surface area contributed by atoms with Crippen molar-refractivity contribution in [3.05, 3.63) is 66.0 Å². The number of amides is 3. The van der Waals surface area contributed by atoms with Crippen LogP contribution in [-0.4, -0.2) is 38.2 Å². The fourth-order valence-corrected chi connectivity index (χ4v) is 4.45. The van der Waals surface area contributed by atoms with Crippen molar-refractivity contribution in [2.24, 2.45) is 0 Å². The van der Waals surface area contributed by atoms with Gasteiger partial charge in [-0.05, 0) is 31.0 Å². The quantitative estimate of drug-likeness (QED) is 0.665. The number of carbonyl (C=O) groups is 3. The minimum Gasteiger partial charge on any atom is -0.330 e. The van der Waals surface area contributed by atoms with Crippen molar-refractivity contribution in [3.63, 3.8) is 0 Å². The van der Waals surface area contributed by atoms with Gasteiger partial charge in [0, 0.05) is 36.2 Å². The molecule has 1 saturated heterocycles. The van der Waals surface area contributed by atoms with Crippen LogP contribution in [0.2, 0.25) is 0 Å². The van der Waals surface area contributed by atoms with Crippen LogP contribution in [0.25, 0.3) is 22.5 Å². The van der Waals surface area contributed by atoms with Crippen molar-refractivity contribution in [2.75, 3.05) is 0 Å². The van der Waals surface area contributed by atoms with E-state index in [9.17, 15) is 14.4 Å². The highest BCUT2D eigenvalue weighted by Crippen LogP contribution is 2.35. The highest BCUT2D eigenvalue weighted by Gasteiger charge is 2.39. The predicted octanol–water partition coefficient (Wildman–Crippen LogP) is 3.00. The summed E-state index contributed by atoms with van der Waals surface area (Å²) >= 11 is 0. The monoisotopic (exact) mass is 414 g/mol. The van der Waals surface area contributed by atoms with E-state index >= 15 is 0 Å². The molecule has 0 saturated carbocycles. The summed E-state index contributed by atoms with van der Waals surface area (Å²) in [5.74, 6) is -0.850. The van der Waals surface area contributed by atoms with Crippen LogP contribution in [0.5, 0.6) is 0 Å². The molecule has 0 aliphatic carbocycles. The Bertz CT molecular complexity index is 1200. The third kappa shape index (κ3) is 3.22. The second-order valence-corrected chi connectivity index (χ2v) is 7.87. The molecule has 0 spiro atoms. The lowest BCUT2D eigenvalue weighted by molar-refractivity contribution is -0.136. The van der Waals surface area contributed by atoms with Crippen molar-refractivity contribution >= 4 is 17.7 Å². The number of benzene rings is 2. The molecule has 2 aliphatic rings. The van der Waals surface area contributed by atoms with Crippen molar-refractivity contribution < 1.29 is 14.4 Å². The van der Waals surface area contributed by atoms with E-state index in [-0.39, 0.29) is 18.2 Å². The number of piperidine rings is 1. The van der Waals surface area contributed by atoms with E-state index in [1.54, 1.807) is 4.90 Å². The van der Waals surface area contributed by atoms with E-state index in [0.717, 1.165) is 34.6 Å². The number of aryl methyl sites for hydroxylation is 1. The van der Waals surface area contributed by atoms with Crippen molar-refractivity contribution in [3.8, 4) is 22.5 Å². The molecule has 2 aliphatic heterocycles. The smallest absolute Gasteiger partial charge is 0.255 e. The molecule has 3 aromatic rings. The number of carbonyl (C=O) groups excluding carboxylic acids is 3. The van der Waals surface area contributed by atoms with Gasteiger partial charge in [0.1, 0.15) is 6.04 Å². The molecule has 5 rings (SSSR count). The molecule has 1 N–H and O–H groups in total. The van der Waals surface area contributed by atoms with E-state index in [4.69, 9.17) is 0 Å². The van der Waals surface area contributed by atoms with Crippen molar-refractivity contribution in [2.45, 2.75) is 38.9 Å². The SMILES string of the molecule is CCn1cnc(-c2ccc3c(c2)CN(C2CCC(=O)NC2=O)C3=O)c1-c1ccccc1. The van der Waals surface area contributed by atoms with E-state index in [1.165, 1.54) is 0 Å². The maximum absolute atomic E-state index is 13.0. The number of hydrogen-bond acceptors (Lipinski definition) is 4. The number of nitrogens with zero attached hydrogens (tertiary/aromatic N) is 3. The van der Waals surface area contributed by atoms with Gasteiger partial charge >= 0.3 is 0 Å². The molecule has 7 heteroatoms. The van der Waals surface area contributed by atoms with Gasteiger partial charge in [-0.25, -0.2) is 4.98 Å². The van der Waals surface area contributed by atoms with Crippen LogP contribution in [0.3, 0.4) is 0 Å². The Kier molecular flexibility index (Phi) is 4.66. The summed E-state index contributed by atoms with van der Waals surface area (Å²) < 4.78 is 2.11. The van der Waals surface area contributed by atoms with Crippen LogP contribution in [-0.2, 0) is 22.7 Å². The molecule has 1 atom stereocenters. The average Bonchev–Trinajstić information content (AvgIpc) is 3.35. The first-order chi connectivity index (χ1) is 15.1. The second-order valence-electron chi connectivity index (χ2n) is 7.87. The van der Waals surface area contributed by atoms with Gasteiger partial charge in [-0.2, -0.15) is 0 Å². The first-order valence-corrected chi connectivity index (χ1v) is 10.5. The lowest BCUT2D eigenvalue weighted by Gasteiger charge is -2.29. The highest BCUT2D eigenvalue weighted by molar-refractivity contribution is 6.05. The minimum atomic E-state index is -0.611. The van der Waals surface area contributed by atoms with Gasteiger partial charge in [0.05, 0.1) is 17.7 Å². The van der Waals surface area contributed by atoms with E-state index < -0.39 is 11.9 Å². The number of nitrogens with one attached hydrogen (secondary N) is 1. The molecule has 0 radical (unpaired) electrons. The standard InChI is InChI=1S/C24H22N4O3/c1-2-27-14-25-21(22(27)15-6-4-3-5-7-15)16-8-9-18-17(12-16)13-28(24(18)31)19-10-11-20(29)26-23(19)30/h3-9,12,14,19H,2,10-11,13H2,1H3,(H,26,29,30). The molecule has 2 aromatic carbocycles. The zero-order valence-corrected chi connectivity index (χ0v) is 17.2. The number of rotatable bonds is 4. The van der Waals surface area contributed by atoms with E-state index in [0.29, 0.717) is 18.5 Å². The molecule has 7 nitrogen and oxygen atoms in total. The van der Waals surface area contributed by atoms with Gasteiger partial charge in [0.25, 0.3) is 5.91 Å². The van der Waals surface area contributed by atoms with Crippen LogP contribution in [0, 0.1) is 0 Å². The van der Waals surface area contributed by atoms with Gasteiger partial charge in [-0.15, -0.1) is 0 Å². The molecule has 0 bridgehead atoms. The lowest BCUT2D eigenvalue weighted by Crippen LogP contribution is -2.52. The Morgan fingerprint density at radius 2 is 1.87 bits per heavy atom. The van der Waals surface area contributed by atoms with Crippen molar-refractivity contribution in [1.29, 1.82) is 0 Å². The number of hydrogen-bond donors (Lipinski definition) is 1. The Morgan fingerprint density at radius 1 is 1.06 bits per heavy atom. The molecule has 156 valence electrons. The molecular weight excluding hydrogens is 392 g/mol. The highest BCUT2D eigenvalue weighted by atomic mass is 16.2. The molecule has 31 heavy (non-hydrogen) atoms. The molecule has 3 heterocycles. The van der Waals surface area contributed by atoms with Gasteiger partial charge in [-0.3, -0.25) is 19.7 Å². The number of imidazole rings is 1. The summed E-state index contributed by atoms with van der Waals surface area (Å²) in [5, 5.41) is 2.34. The zero-order chi connectivity index (χ0) is 21.5. The largest absolute Gasteiger partial charge is 0.330 e. The Labute approximate surface area is 179 Å². The Balaban J connectivity index is 1.50. The fourth-order valence-electron chi connectivity index (χ4n) is 4.45. The summed E-state index contributed by atoms with van der Waals surface area (Å²) in [6.07, 6.45) is 2.44. The van der Waals surface area contributed by atoms with Gasteiger partial charge in [-0.1, -0.05) is 36.4 Å². The maximum atomic E-state index is 13.0. The molecular formula is C24H22N4O3. The van der Waals surface area contributed by atoms with E-state index in [1.807, 2.05) is 42.7 Å². The second kappa shape index (κ2) is 7.50. The Hall–Kier alpha value is -3.74. The van der Waals surface area contributed by atoms with Crippen LogP contribution in [0.4, 0.5) is 0 Å². The summed E-state index contributed by atoms with van der Waals surface area (Å²) in [7, 11) is 0. The molecule has 1 unspecified atom stereocenters. The third-order valence-corrected chi connectivity index (χ3v) is 6.02. The number of aromatic nitrogens is 2. The van der Waals surface area contributed by atoms with Crippen molar-refractivity contribution in [1.82, 2.24) is 19.8 Å².